The summed E-state index contributed by atoms with van der Waals surface area (Å²) < 4.78 is 10.5. The smallest absolute Gasteiger partial charge is 0.223 e. The number of hydrogen-bond donors (Lipinski definition) is 2. The number of amides is 1. The molecular weight excluding hydrogens is 244 g/mol. The van der Waals surface area contributed by atoms with Crippen LogP contribution in [-0.4, -0.2) is 39.8 Å². The lowest BCUT2D eigenvalue weighted by Crippen LogP contribution is -2.27. The number of rotatable bonds is 9. The van der Waals surface area contributed by atoms with E-state index in [-0.39, 0.29) is 5.91 Å². The second-order valence-electron chi connectivity index (χ2n) is 4.08. The molecule has 0 bridgehead atoms. The lowest BCUT2D eigenvalue weighted by molar-refractivity contribution is -0.121. The molecule has 0 aliphatic heterocycles. The summed E-state index contributed by atoms with van der Waals surface area (Å²) in [5.41, 5.74) is 0. The van der Waals surface area contributed by atoms with E-state index in [9.17, 15) is 4.79 Å². The van der Waals surface area contributed by atoms with E-state index < -0.39 is 0 Å². The number of carbonyl (C=O) groups is 1. The van der Waals surface area contributed by atoms with Crippen LogP contribution in [0.4, 0.5) is 0 Å². The van der Waals surface area contributed by atoms with Gasteiger partial charge in [-0.2, -0.15) is 0 Å². The summed E-state index contributed by atoms with van der Waals surface area (Å²) in [5, 5.41) is 5.87. The van der Waals surface area contributed by atoms with Crippen molar-refractivity contribution in [3.8, 4) is 11.5 Å². The Labute approximate surface area is 114 Å². The Kier molecular flexibility index (Phi) is 7.43. The minimum absolute atomic E-state index is 0.0182. The Balaban J connectivity index is 2.13. The van der Waals surface area contributed by atoms with Crippen LogP contribution in [0.1, 0.15) is 12.8 Å². The molecule has 106 valence electrons. The molecule has 0 aliphatic carbocycles. The molecule has 0 radical (unpaired) electrons. The first kappa shape index (κ1) is 15.3. The van der Waals surface area contributed by atoms with Crippen LogP contribution < -0.4 is 20.1 Å². The average molecular weight is 266 g/mol. The third-order valence-corrected chi connectivity index (χ3v) is 2.58. The Bertz CT molecular complexity index is 365. The van der Waals surface area contributed by atoms with Crippen molar-refractivity contribution in [2.75, 3.05) is 33.9 Å². The SMILES string of the molecule is CNCCCNC(=O)CCOc1ccc(OC)cc1. The van der Waals surface area contributed by atoms with E-state index in [4.69, 9.17) is 9.47 Å². The summed E-state index contributed by atoms with van der Waals surface area (Å²) in [5.74, 6) is 1.54. The fourth-order valence-corrected chi connectivity index (χ4v) is 1.51. The van der Waals surface area contributed by atoms with Gasteiger partial charge in [0.2, 0.25) is 5.91 Å². The molecular formula is C14H22N2O3. The van der Waals surface area contributed by atoms with E-state index in [0.29, 0.717) is 19.6 Å². The first-order valence-electron chi connectivity index (χ1n) is 6.44. The molecule has 5 heteroatoms. The zero-order chi connectivity index (χ0) is 13.9. The molecule has 0 heterocycles. The summed E-state index contributed by atoms with van der Waals surface area (Å²) >= 11 is 0. The van der Waals surface area contributed by atoms with Crippen LogP contribution in [0, 0.1) is 0 Å². The summed E-state index contributed by atoms with van der Waals surface area (Å²) in [7, 11) is 3.51. The van der Waals surface area contributed by atoms with Crippen molar-refractivity contribution in [3.05, 3.63) is 24.3 Å². The largest absolute Gasteiger partial charge is 0.497 e. The zero-order valence-electron chi connectivity index (χ0n) is 11.6. The van der Waals surface area contributed by atoms with E-state index in [1.807, 2.05) is 31.3 Å². The monoisotopic (exact) mass is 266 g/mol. The predicted molar refractivity (Wildman–Crippen MR) is 74.7 cm³/mol. The van der Waals surface area contributed by atoms with Crippen LogP contribution in [-0.2, 0) is 4.79 Å². The summed E-state index contributed by atoms with van der Waals surface area (Å²) in [6, 6.07) is 7.30. The number of hydrogen-bond acceptors (Lipinski definition) is 4. The molecule has 5 nitrogen and oxygen atoms in total. The fraction of sp³-hybridized carbons (Fsp3) is 0.500. The summed E-state index contributed by atoms with van der Waals surface area (Å²) in [6.45, 7) is 1.98. The van der Waals surface area contributed by atoms with Gasteiger partial charge in [-0.15, -0.1) is 0 Å². The van der Waals surface area contributed by atoms with Gasteiger partial charge in [0.25, 0.3) is 0 Å². The Morgan fingerprint density at radius 3 is 2.47 bits per heavy atom. The first-order chi connectivity index (χ1) is 9.26. The van der Waals surface area contributed by atoms with Crippen molar-refractivity contribution in [1.82, 2.24) is 10.6 Å². The van der Waals surface area contributed by atoms with Crippen molar-refractivity contribution < 1.29 is 14.3 Å². The highest BCUT2D eigenvalue weighted by Crippen LogP contribution is 2.16. The van der Waals surface area contributed by atoms with Crippen LogP contribution in [0.3, 0.4) is 0 Å². The molecule has 0 aromatic heterocycles. The fourth-order valence-electron chi connectivity index (χ4n) is 1.51. The van der Waals surface area contributed by atoms with Crippen LogP contribution in [0.15, 0.2) is 24.3 Å². The molecule has 0 fully saturated rings. The molecule has 1 aromatic carbocycles. The highest BCUT2D eigenvalue weighted by atomic mass is 16.5. The van der Waals surface area contributed by atoms with E-state index in [2.05, 4.69) is 10.6 Å². The summed E-state index contributed by atoms with van der Waals surface area (Å²) in [4.78, 5) is 11.5. The minimum Gasteiger partial charge on any atom is -0.497 e. The summed E-state index contributed by atoms with van der Waals surface area (Å²) in [6.07, 6.45) is 1.30. The molecule has 0 saturated heterocycles. The molecule has 0 atom stereocenters. The number of ether oxygens (including phenoxy) is 2. The molecule has 1 rings (SSSR count). The van der Waals surface area contributed by atoms with Crippen molar-refractivity contribution >= 4 is 5.91 Å². The maximum Gasteiger partial charge on any atom is 0.223 e. The number of benzene rings is 1. The minimum atomic E-state index is 0.0182. The molecule has 19 heavy (non-hydrogen) atoms. The van der Waals surface area contributed by atoms with Crippen LogP contribution >= 0.6 is 0 Å². The second-order valence-corrected chi connectivity index (χ2v) is 4.08. The maximum atomic E-state index is 11.5. The van der Waals surface area contributed by atoms with E-state index in [0.717, 1.165) is 24.5 Å². The van der Waals surface area contributed by atoms with Gasteiger partial charge in [0.1, 0.15) is 11.5 Å². The third kappa shape index (κ3) is 6.67. The number of carbonyl (C=O) groups excluding carboxylic acids is 1. The van der Waals surface area contributed by atoms with Crippen molar-refractivity contribution in [2.45, 2.75) is 12.8 Å². The highest BCUT2D eigenvalue weighted by molar-refractivity contribution is 5.75. The van der Waals surface area contributed by atoms with Gasteiger partial charge in [0.05, 0.1) is 20.1 Å². The zero-order valence-corrected chi connectivity index (χ0v) is 11.6. The van der Waals surface area contributed by atoms with Gasteiger partial charge in [0, 0.05) is 6.54 Å². The van der Waals surface area contributed by atoms with E-state index >= 15 is 0 Å². The Morgan fingerprint density at radius 2 is 1.84 bits per heavy atom. The molecule has 0 aliphatic rings. The molecule has 0 saturated carbocycles. The van der Waals surface area contributed by atoms with E-state index in [1.54, 1.807) is 7.11 Å². The predicted octanol–water partition coefficient (Wildman–Crippen LogP) is 1.19. The Morgan fingerprint density at radius 1 is 1.16 bits per heavy atom. The van der Waals surface area contributed by atoms with Gasteiger partial charge >= 0.3 is 0 Å². The molecule has 0 unspecified atom stereocenters. The van der Waals surface area contributed by atoms with Gasteiger partial charge in [-0.3, -0.25) is 4.79 Å². The topological polar surface area (TPSA) is 59.6 Å². The van der Waals surface area contributed by atoms with Crippen LogP contribution in [0.25, 0.3) is 0 Å². The van der Waals surface area contributed by atoms with Crippen molar-refractivity contribution in [3.63, 3.8) is 0 Å². The van der Waals surface area contributed by atoms with Gasteiger partial charge in [0.15, 0.2) is 0 Å². The van der Waals surface area contributed by atoms with Crippen molar-refractivity contribution in [1.29, 1.82) is 0 Å². The Hall–Kier alpha value is -1.75. The number of methoxy groups -OCH3 is 1. The normalized spacial score (nSPS) is 10.0. The average Bonchev–Trinajstić information content (AvgIpc) is 2.44. The van der Waals surface area contributed by atoms with Crippen LogP contribution in [0.2, 0.25) is 0 Å². The highest BCUT2D eigenvalue weighted by Gasteiger charge is 2.01. The molecule has 0 spiro atoms. The second kappa shape index (κ2) is 9.22. The van der Waals surface area contributed by atoms with Gasteiger partial charge in [-0.05, 0) is 44.3 Å². The lowest BCUT2D eigenvalue weighted by Gasteiger charge is -2.07. The number of nitrogens with one attached hydrogen (secondary N) is 2. The molecule has 1 amide bonds. The van der Waals surface area contributed by atoms with Crippen LogP contribution in [0.5, 0.6) is 11.5 Å². The van der Waals surface area contributed by atoms with E-state index in [1.165, 1.54) is 0 Å². The maximum absolute atomic E-state index is 11.5. The van der Waals surface area contributed by atoms with Gasteiger partial charge < -0.3 is 20.1 Å². The van der Waals surface area contributed by atoms with Gasteiger partial charge in [-0.25, -0.2) is 0 Å². The van der Waals surface area contributed by atoms with Gasteiger partial charge in [-0.1, -0.05) is 0 Å². The molecule has 1 aromatic rings. The van der Waals surface area contributed by atoms with Crippen molar-refractivity contribution in [2.24, 2.45) is 0 Å². The molecule has 2 N–H and O–H groups in total. The first-order valence-corrected chi connectivity index (χ1v) is 6.44. The lowest BCUT2D eigenvalue weighted by atomic mass is 10.3. The third-order valence-electron chi connectivity index (χ3n) is 2.58. The standard InChI is InChI=1S/C14H22N2O3/c1-15-9-3-10-16-14(17)8-11-19-13-6-4-12(18-2)5-7-13/h4-7,15H,3,8-11H2,1-2H3,(H,16,17). The quantitative estimate of drug-likeness (QED) is 0.659.